The minimum atomic E-state index is -0.971. The average molecular weight is 296 g/mol. The van der Waals surface area contributed by atoms with Crippen LogP contribution in [-0.2, 0) is 4.79 Å². The molecule has 0 aliphatic carbocycles. The maximum absolute atomic E-state index is 13.0. The van der Waals surface area contributed by atoms with Crippen LogP contribution in [0.1, 0.15) is 34.1 Å². The number of nitrogens with one attached hydrogen (secondary N) is 1. The predicted octanol–water partition coefficient (Wildman–Crippen LogP) is 2.88. The van der Waals surface area contributed by atoms with Gasteiger partial charge < -0.3 is 10.0 Å². The van der Waals surface area contributed by atoms with Crippen molar-refractivity contribution in [3.8, 4) is 0 Å². The lowest BCUT2D eigenvalue weighted by Gasteiger charge is -2.32. The van der Waals surface area contributed by atoms with Gasteiger partial charge in [0.1, 0.15) is 11.4 Å². The van der Waals surface area contributed by atoms with E-state index in [-0.39, 0.29) is 11.9 Å². The van der Waals surface area contributed by atoms with Crippen LogP contribution in [0.4, 0.5) is 10.1 Å². The molecule has 0 bridgehead atoms. The van der Waals surface area contributed by atoms with E-state index in [0.717, 1.165) is 12.2 Å². The van der Waals surface area contributed by atoms with Crippen LogP contribution in [0.25, 0.3) is 0 Å². The summed E-state index contributed by atoms with van der Waals surface area (Å²) in [5, 5.41) is 12.6. The second-order valence-electron chi connectivity index (χ2n) is 5.74. The molecule has 1 aromatic carbocycles. The van der Waals surface area contributed by atoms with E-state index in [9.17, 15) is 14.3 Å². The van der Waals surface area contributed by atoms with Gasteiger partial charge in [-0.2, -0.15) is 0 Å². The summed E-state index contributed by atoms with van der Waals surface area (Å²) in [5.74, 6) is -1.13. The number of aliphatic carboxylic acids is 1. The van der Waals surface area contributed by atoms with Crippen molar-refractivity contribution < 1.29 is 14.3 Å². The molecule has 2 N–H and O–H groups in total. The first-order valence-electron chi connectivity index (χ1n) is 7.30. The second-order valence-corrected chi connectivity index (χ2v) is 5.74. The van der Waals surface area contributed by atoms with Gasteiger partial charge in [0.2, 0.25) is 0 Å². The lowest BCUT2D eigenvalue weighted by molar-refractivity contribution is -0.144. The number of halogens is 1. The standard InChI is InChI=1S/C16H25FN2O2/c1-5-19(14-8-6-13(17)7-9-14)11-10-16(4,15(20)21)18-12(2)3/h6-9,12,18H,5,10-11H2,1-4H3,(H,20,21). The Labute approximate surface area is 126 Å². The third-order valence-corrected chi connectivity index (χ3v) is 3.53. The maximum Gasteiger partial charge on any atom is 0.323 e. The van der Waals surface area contributed by atoms with Crippen molar-refractivity contribution in [3.05, 3.63) is 30.1 Å². The fourth-order valence-electron chi connectivity index (χ4n) is 2.36. The van der Waals surface area contributed by atoms with Crippen molar-refractivity contribution in [2.24, 2.45) is 0 Å². The fraction of sp³-hybridized carbons (Fsp3) is 0.562. The van der Waals surface area contributed by atoms with E-state index >= 15 is 0 Å². The van der Waals surface area contributed by atoms with E-state index in [2.05, 4.69) is 5.32 Å². The van der Waals surface area contributed by atoms with Crippen molar-refractivity contribution in [2.75, 3.05) is 18.0 Å². The first kappa shape index (κ1) is 17.4. The highest BCUT2D eigenvalue weighted by Crippen LogP contribution is 2.18. The number of benzene rings is 1. The molecule has 0 radical (unpaired) electrons. The summed E-state index contributed by atoms with van der Waals surface area (Å²) < 4.78 is 13.0. The summed E-state index contributed by atoms with van der Waals surface area (Å²) in [6.45, 7) is 8.89. The largest absolute Gasteiger partial charge is 0.480 e. The summed E-state index contributed by atoms with van der Waals surface area (Å²) in [6, 6.07) is 6.35. The van der Waals surface area contributed by atoms with Crippen LogP contribution >= 0.6 is 0 Å². The minimum Gasteiger partial charge on any atom is -0.480 e. The van der Waals surface area contributed by atoms with Crippen LogP contribution in [0.3, 0.4) is 0 Å². The first-order chi connectivity index (χ1) is 9.78. The van der Waals surface area contributed by atoms with Gasteiger partial charge in [-0.05, 0) is 58.4 Å². The van der Waals surface area contributed by atoms with Crippen molar-refractivity contribution in [3.63, 3.8) is 0 Å². The smallest absolute Gasteiger partial charge is 0.323 e. The number of hydrogen-bond donors (Lipinski definition) is 2. The first-order valence-corrected chi connectivity index (χ1v) is 7.30. The highest BCUT2D eigenvalue weighted by molar-refractivity contribution is 5.78. The highest BCUT2D eigenvalue weighted by Gasteiger charge is 2.33. The second kappa shape index (κ2) is 7.41. The van der Waals surface area contributed by atoms with Gasteiger partial charge in [0, 0.05) is 24.8 Å². The molecule has 4 nitrogen and oxygen atoms in total. The van der Waals surface area contributed by atoms with Crippen LogP contribution in [0.2, 0.25) is 0 Å². The quantitative estimate of drug-likeness (QED) is 0.774. The average Bonchev–Trinajstić information content (AvgIpc) is 2.40. The zero-order valence-electron chi connectivity index (χ0n) is 13.2. The Balaban J connectivity index is 2.76. The molecule has 1 aromatic rings. The van der Waals surface area contributed by atoms with Gasteiger partial charge in [-0.25, -0.2) is 4.39 Å². The molecule has 1 unspecified atom stereocenters. The number of carbonyl (C=O) groups is 1. The molecule has 0 saturated carbocycles. The molecule has 1 rings (SSSR count). The van der Waals surface area contributed by atoms with Crippen LogP contribution in [0.15, 0.2) is 24.3 Å². The van der Waals surface area contributed by atoms with Crippen molar-refractivity contribution >= 4 is 11.7 Å². The van der Waals surface area contributed by atoms with E-state index in [4.69, 9.17) is 0 Å². The molecule has 0 amide bonds. The lowest BCUT2D eigenvalue weighted by atomic mass is 9.96. The molecule has 5 heteroatoms. The number of hydrogen-bond acceptors (Lipinski definition) is 3. The Morgan fingerprint density at radius 2 is 1.95 bits per heavy atom. The molecule has 118 valence electrons. The molecular formula is C16H25FN2O2. The number of rotatable bonds is 8. The number of anilines is 1. The Morgan fingerprint density at radius 1 is 1.38 bits per heavy atom. The molecule has 0 aliphatic rings. The topological polar surface area (TPSA) is 52.6 Å². The third-order valence-electron chi connectivity index (χ3n) is 3.53. The van der Waals surface area contributed by atoms with E-state index in [1.54, 1.807) is 19.1 Å². The monoisotopic (exact) mass is 296 g/mol. The normalized spacial score (nSPS) is 14.0. The van der Waals surface area contributed by atoms with Crippen molar-refractivity contribution in [2.45, 2.75) is 45.7 Å². The molecule has 0 spiro atoms. The molecule has 0 heterocycles. The number of nitrogens with zero attached hydrogens (tertiary/aromatic N) is 1. The van der Waals surface area contributed by atoms with Crippen LogP contribution < -0.4 is 10.2 Å². The van der Waals surface area contributed by atoms with Gasteiger partial charge >= 0.3 is 5.97 Å². The van der Waals surface area contributed by atoms with E-state index in [0.29, 0.717) is 13.0 Å². The van der Waals surface area contributed by atoms with Gasteiger partial charge in [0.15, 0.2) is 0 Å². The summed E-state index contributed by atoms with van der Waals surface area (Å²) in [6.07, 6.45) is 0.464. The van der Waals surface area contributed by atoms with Crippen molar-refractivity contribution in [1.82, 2.24) is 5.32 Å². The van der Waals surface area contributed by atoms with Crippen molar-refractivity contribution in [1.29, 1.82) is 0 Å². The lowest BCUT2D eigenvalue weighted by Crippen LogP contribution is -2.54. The molecular weight excluding hydrogens is 271 g/mol. The summed E-state index contributed by atoms with van der Waals surface area (Å²) in [5.41, 5.74) is -0.0714. The Morgan fingerprint density at radius 3 is 2.38 bits per heavy atom. The molecule has 0 saturated heterocycles. The summed E-state index contributed by atoms with van der Waals surface area (Å²) in [7, 11) is 0. The zero-order valence-corrected chi connectivity index (χ0v) is 13.2. The maximum atomic E-state index is 13.0. The van der Waals surface area contributed by atoms with Gasteiger partial charge in [-0.3, -0.25) is 10.1 Å². The van der Waals surface area contributed by atoms with Gasteiger partial charge in [0.05, 0.1) is 0 Å². The molecule has 0 aliphatic heterocycles. The zero-order chi connectivity index (χ0) is 16.0. The number of carboxylic acid groups (broad SMARTS) is 1. The van der Waals surface area contributed by atoms with Crippen LogP contribution in [0, 0.1) is 5.82 Å². The molecule has 0 aromatic heterocycles. The summed E-state index contributed by atoms with van der Waals surface area (Å²) in [4.78, 5) is 13.6. The molecule has 21 heavy (non-hydrogen) atoms. The minimum absolute atomic E-state index is 0.0898. The van der Waals surface area contributed by atoms with E-state index in [1.165, 1.54) is 12.1 Å². The van der Waals surface area contributed by atoms with Gasteiger partial charge in [-0.1, -0.05) is 0 Å². The predicted molar refractivity (Wildman–Crippen MR) is 83.2 cm³/mol. The number of carboxylic acids is 1. The SMILES string of the molecule is CCN(CCC(C)(NC(C)C)C(=O)O)c1ccc(F)cc1. The Kier molecular flexibility index (Phi) is 6.15. The molecule has 1 atom stereocenters. The van der Waals surface area contributed by atoms with E-state index < -0.39 is 11.5 Å². The highest BCUT2D eigenvalue weighted by atomic mass is 19.1. The summed E-state index contributed by atoms with van der Waals surface area (Å²) >= 11 is 0. The third kappa shape index (κ3) is 5.01. The van der Waals surface area contributed by atoms with E-state index in [1.807, 2.05) is 25.7 Å². The van der Waals surface area contributed by atoms with Crippen LogP contribution in [0.5, 0.6) is 0 Å². The molecule has 0 fully saturated rings. The fourth-order valence-corrected chi connectivity index (χ4v) is 2.36. The Bertz CT molecular complexity index is 462. The van der Waals surface area contributed by atoms with Crippen LogP contribution in [-0.4, -0.2) is 35.7 Å². The van der Waals surface area contributed by atoms with Gasteiger partial charge in [0.25, 0.3) is 0 Å². The Hall–Kier alpha value is -1.62. The van der Waals surface area contributed by atoms with Gasteiger partial charge in [-0.15, -0.1) is 0 Å².